The minimum absolute atomic E-state index is 0.00792. The van der Waals surface area contributed by atoms with Crippen molar-refractivity contribution in [2.24, 2.45) is 11.3 Å². The third-order valence-corrected chi connectivity index (χ3v) is 5.36. The summed E-state index contributed by atoms with van der Waals surface area (Å²) in [6, 6.07) is 8.92. The molecule has 2 unspecified atom stereocenters. The average molecular weight is 406 g/mol. The third-order valence-electron chi connectivity index (χ3n) is 5.36. The summed E-state index contributed by atoms with van der Waals surface area (Å²) in [5.41, 5.74) is 0.0167. The van der Waals surface area contributed by atoms with Gasteiger partial charge in [-0.05, 0) is 30.9 Å². The van der Waals surface area contributed by atoms with E-state index in [9.17, 15) is 19.5 Å². The second kappa shape index (κ2) is 10.2. The number of methoxy groups -OCH3 is 1. The number of rotatable bonds is 9. The lowest BCUT2D eigenvalue weighted by molar-refractivity contribution is -0.152. The SMILES string of the molecule is COC(=O)C1(CCNC(C(=O)OCc2ccccc2)C(C)C)CCN(C(=O)O)C1. The molecule has 0 aliphatic carbocycles. The van der Waals surface area contributed by atoms with Gasteiger partial charge in [0.2, 0.25) is 0 Å². The molecule has 0 spiro atoms. The summed E-state index contributed by atoms with van der Waals surface area (Å²) >= 11 is 0. The molecule has 160 valence electrons. The molecular formula is C21H30N2O6. The summed E-state index contributed by atoms with van der Waals surface area (Å²) < 4.78 is 10.4. The highest BCUT2D eigenvalue weighted by atomic mass is 16.5. The van der Waals surface area contributed by atoms with E-state index >= 15 is 0 Å². The number of carbonyl (C=O) groups is 3. The first-order valence-corrected chi connectivity index (χ1v) is 9.79. The van der Waals surface area contributed by atoms with Crippen molar-refractivity contribution in [3.8, 4) is 0 Å². The fraction of sp³-hybridized carbons (Fsp3) is 0.571. The van der Waals surface area contributed by atoms with Crippen molar-refractivity contribution in [1.29, 1.82) is 0 Å². The first-order valence-electron chi connectivity index (χ1n) is 9.79. The van der Waals surface area contributed by atoms with Gasteiger partial charge in [0.15, 0.2) is 0 Å². The molecule has 0 bridgehead atoms. The van der Waals surface area contributed by atoms with Gasteiger partial charge in [0, 0.05) is 13.1 Å². The number of carboxylic acid groups (broad SMARTS) is 1. The molecule has 8 nitrogen and oxygen atoms in total. The second-order valence-corrected chi connectivity index (χ2v) is 7.75. The Bertz CT molecular complexity index is 708. The van der Waals surface area contributed by atoms with Crippen molar-refractivity contribution >= 4 is 18.0 Å². The molecular weight excluding hydrogens is 376 g/mol. The summed E-state index contributed by atoms with van der Waals surface area (Å²) in [4.78, 5) is 37.4. The predicted molar refractivity (Wildman–Crippen MR) is 106 cm³/mol. The summed E-state index contributed by atoms with van der Waals surface area (Å²) in [7, 11) is 1.30. The van der Waals surface area contributed by atoms with E-state index in [4.69, 9.17) is 9.47 Å². The first-order chi connectivity index (χ1) is 13.8. The van der Waals surface area contributed by atoms with E-state index in [-0.39, 0.29) is 31.6 Å². The van der Waals surface area contributed by atoms with Crippen LogP contribution >= 0.6 is 0 Å². The summed E-state index contributed by atoms with van der Waals surface area (Å²) in [6.45, 7) is 4.78. The molecule has 8 heteroatoms. The fourth-order valence-corrected chi connectivity index (χ4v) is 3.60. The van der Waals surface area contributed by atoms with Gasteiger partial charge in [-0.25, -0.2) is 4.79 Å². The molecule has 1 amide bonds. The van der Waals surface area contributed by atoms with Crippen LogP contribution in [0.15, 0.2) is 30.3 Å². The monoisotopic (exact) mass is 406 g/mol. The molecule has 0 aromatic heterocycles. The molecule has 0 radical (unpaired) electrons. The maximum Gasteiger partial charge on any atom is 0.407 e. The number of hydrogen-bond acceptors (Lipinski definition) is 6. The van der Waals surface area contributed by atoms with Gasteiger partial charge in [0.05, 0.1) is 12.5 Å². The summed E-state index contributed by atoms with van der Waals surface area (Å²) in [5.74, 6) is -0.781. The van der Waals surface area contributed by atoms with Crippen LogP contribution in [0.4, 0.5) is 4.79 Å². The molecule has 1 aromatic rings. The van der Waals surface area contributed by atoms with Gasteiger partial charge in [0.25, 0.3) is 0 Å². The number of likely N-dealkylation sites (tertiary alicyclic amines) is 1. The van der Waals surface area contributed by atoms with Crippen LogP contribution in [0.5, 0.6) is 0 Å². The number of hydrogen-bond donors (Lipinski definition) is 2. The van der Waals surface area contributed by atoms with E-state index in [2.05, 4.69) is 5.32 Å². The van der Waals surface area contributed by atoms with Crippen molar-refractivity contribution in [3.63, 3.8) is 0 Å². The van der Waals surface area contributed by atoms with Gasteiger partial charge in [-0.15, -0.1) is 0 Å². The Morgan fingerprint density at radius 3 is 2.48 bits per heavy atom. The summed E-state index contributed by atoms with van der Waals surface area (Å²) in [5, 5.41) is 12.4. The highest BCUT2D eigenvalue weighted by molar-refractivity contribution is 5.79. The lowest BCUT2D eigenvalue weighted by Gasteiger charge is -2.28. The zero-order chi connectivity index (χ0) is 21.4. The zero-order valence-electron chi connectivity index (χ0n) is 17.2. The van der Waals surface area contributed by atoms with Crippen molar-refractivity contribution < 1.29 is 29.0 Å². The van der Waals surface area contributed by atoms with Crippen molar-refractivity contribution in [3.05, 3.63) is 35.9 Å². The molecule has 1 aliphatic heterocycles. The third kappa shape index (κ3) is 5.93. The first kappa shape index (κ1) is 22.7. The Morgan fingerprint density at radius 2 is 1.93 bits per heavy atom. The van der Waals surface area contributed by atoms with Gasteiger partial charge in [-0.1, -0.05) is 44.2 Å². The Labute approximate surface area is 171 Å². The Hall–Kier alpha value is -2.61. The smallest absolute Gasteiger partial charge is 0.407 e. The van der Waals surface area contributed by atoms with Crippen LogP contribution in [-0.4, -0.2) is 60.8 Å². The molecule has 1 aromatic carbocycles. The number of benzene rings is 1. The van der Waals surface area contributed by atoms with Crippen molar-refractivity contribution in [1.82, 2.24) is 10.2 Å². The summed E-state index contributed by atoms with van der Waals surface area (Å²) in [6.07, 6.45) is -0.273. The van der Waals surface area contributed by atoms with Crippen LogP contribution in [-0.2, 0) is 25.7 Å². The minimum atomic E-state index is -1.05. The van der Waals surface area contributed by atoms with Gasteiger partial charge in [-0.3, -0.25) is 9.59 Å². The fourth-order valence-electron chi connectivity index (χ4n) is 3.60. The number of nitrogens with zero attached hydrogens (tertiary/aromatic N) is 1. The van der Waals surface area contributed by atoms with Gasteiger partial charge >= 0.3 is 18.0 Å². The quantitative estimate of drug-likeness (QED) is 0.606. The highest BCUT2D eigenvalue weighted by Crippen LogP contribution is 2.35. The Kier molecular flexibility index (Phi) is 8.01. The maximum atomic E-state index is 12.5. The molecule has 1 saturated heterocycles. The molecule has 1 heterocycles. The standard InChI is InChI=1S/C21H30N2O6/c1-15(2)17(18(24)29-13-16-7-5-4-6-8-16)22-11-9-21(19(25)28-3)10-12-23(14-21)20(26)27/h4-8,15,17,22H,9-14H2,1-3H3,(H,26,27). The highest BCUT2D eigenvalue weighted by Gasteiger charge is 2.46. The number of nitrogens with one attached hydrogen (secondary N) is 1. The lowest BCUT2D eigenvalue weighted by atomic mass is 9.83. The number of amides is 1. The van der Waals surface area contributed by atoms with E-state index < -0.39 is 23.5 Å². The van der Waals surface area contributed by atoms with E-state index in [0.717, 1.165) is 5.56 Å². The normalized spacial score (nSPS) is 19.8. The number of carbonyl (C=O) groups excluding carboxylic acids is 2. The Morgan fingerprint density at radius 1 is 1.24 bits per heavy atom. The van der Waals surface area contributed by atoms with Gasteiger partial charge in [0.1, 0.15) is 12.6 Å². The average Bonchev–Trinajstić information content (AvgIpc) is 3.15. The van der Waals surface area contributed by atoms with Crippen LogP contribution in [0.3, 0.4) is 0 Å². The van der Waals surface area contributed by atoms with Crippen LogP contribution in [0.1, 0.15) is 32.3 Å². The molecule has 1 fully saturated rings. The van der Waals surface area contributed by atoms with Gasteiger partial charge in [-0.2, -0.15) is 0 Å². The predicted octanol–water partition coefficient (Wildman–Crippen LogP) is 2.28. The largest absolute Gasteiger partial charge is 0.469 e. The zero-order valence-corrected chi connectivity index (χ0v) is 17.2. The topological polar surface area (TPSA) is 105 Å². The molecule has 29 heavy (non-hydrogen) atoms. The van der Waals surface area contributed by atoms with Gasteiger partial charge < -0.3 is 24.8 Å². The van der Waals surface area contributed by atoms with E-state index in [1.165, 1.54) is 12.0 Å². The van der Waals surface area contributed by atoms with Crippen molar-refractivity contribution in [2.45, 2.75) is 39.3 Å². The molecule has 1 aliphatic rings. The molecule has 0 saturated carbocycles. The van der Waals surface area contributed by atoms with E-state index in [1.807, 2.05) is 44.2 Å². The molecule has 2 atom stereocenters. The Balaban J connectivity index is 1.93. The van der Waals surface area contributed by atoms with Crippen LogP contribution < -0.4 is 5.32 Å². The van der Waals surface area contributed by atoms with Crippen LogP contribution in [0, 0.1) is 11.3 Å². The van der Waals surface area contributed by atoms with Crippen molar-refractivity contribution in [2.75, 3.05) is 26.7 Å². The number of ether oxygens (including phenoxy) is 2. The van der Waals surface area contributed by atoms with E-state index in [0.29, 0.717) is 19.4 Å². The van der Waals surface area contributed by atoms with E-state index in [1.54, 1.807) is 0 Å². The van der Waals surface area contributed by atoms with Crippen LogP contribution in [0.2, 0.25) is 0 Å². The number of esters is 2. The maximum absolute atomic E-state index is 12.5. The minimum Gasteiger partial charge on any atom is -0.469 e. The molecule has 2 rings (SSSR count). The lowest BCUT2D eigenvalue weighted by Crippen LogP contribution is -2.45. The second-order valence-electron chi connectivity index (χ2n) is 7.75. The molecule has 2 N–H and O–H groups in total. The van der Waals surface area contributed by atoms with Crippen LogP contribution in [0.25, 0.3) is 0 Å².